The van der Waals surface area contributed by atoms with Gasteiger partial charge in [-0.1, -0.05) is 6.92 Å². The van der Waals surface area contributed by atoms with Gasteiger partial charge in [0.15, 0.2) is 0 Å². The summed E-state index contributed by atoms with van der Waals surface area (Å²) in [6, 6.07) is 2.06. The first-order valence-electron chi connectivity index (χ1n) is 8.72. The van der Waals surface area contributed by atoms with E-state index in [1.165, 1.54) is 18.5 Å². The van der Waals surface area contributed by atoms with E-state index in [0.29, 0.717) is 23.7 Å². The molecule has 7 heteroatoms. The standard InChI is InChI=1S/C17H28N4O.2ClH/c1-13(14-2-7-18-8-3-14)12-17(22)21-10-5-15(6-11-21)16-4-9-19-20-16;;/h4,9,13-15,18H,2-3,5-8,10-12H2,1H3,(H,19,20);2*1H. The van der Waals surface area contributed by atoms with Gasteiger partial charge in [-0.2, -0.15) is 5.10 Å². The fourth-order valence-electron chi connectivity index (χ4n) is 3.92. The third kappa shape index (κ3) is 5.36. The first-order chi connectivity index (χ1) is 10.7. The lowest BCUT2D eigenvalue weighted by Gasteiger charge is -2.34. The zero-order valence-corrected chi connectivity index (χ0v) is 16.0. The fourth-order valence-corrected chi connectivity index (χ4v) is 3.92. The monoisotopic (exact) mass is 376 g/mol. The molecule has 0 aromatic carbocycles. The number of carbonyl (C=O) groups is 1. The van der Waals surface area contributed by atoms with Crippen molar-refractivity contribution < 1.29 is 4.79 Å². The van der Waals surface area contributed by atoms with Crippen molar-refractivity contribution in [2.45, 2.75) is 44.9 Å². The van der Waals surface area contributed by atoms with Crippen LogP contribution in [0.15, 0.2) is 12.3 Å². The maximum Gasteiger partial charge on any atom is 0.222 e. The Bertz CT molecular complexity index is 469. The van der Waals surface area contributed by atoms with Crippen molar-refractivity contribution in [3.05, 3.63) is 18.0 Å². The number of aromatic amines is 1. The van der Waals surface area contributed by atoms with Crippen molar-refractivity contribution in [2.75, 3.05) is 26.2 Å². The summed E-state index contributed by atoms with van der Waals surface area (Å²) in [5.41, 5.74) is 1.22. The van der Waals surface area contributed by atoms with Crippen LogP contribution in [0.25, 0.3) is 0 Å². The molecule has 1 atom stereocenters. The number of likely N-dealkylation sites (tertiary alicyclic amines) is 1. The molecule has 3 heterocycles. The lowest BCUT2D eigenvalue weighted by Crippen LogP contribution is -2.40. The number of aromatic nitrogens is 2. The van der Waals surface area contributed by atoms with Crippen LogP contribution in [0.4, 0.5) is 0 Å². The van der Waals surface area contributed by atoms with Crippen LogP contribution in [0.5, 0.6) is 0 Å². The van der Waals surface area contributed by atoms with E-state index in [1.54, 1.807) is 0 Å². The summed E-state index contributed by atoms with van der Waals surface area (Å²) in [6.07, 6.45) is 7.07. The quantitative estimate of drug-likeness (QED) is 0.848. The number of halogens is 2. The van der Waals surface area contributed by atoms with Gasteiger partial charge in [0.25, 0.3) is 0 Å². The Morgan fingerprint density at radius 1 is 1.25 bits per heavy atom. The third-order valence-corrected chi connectivity index (χ3v) is 5.49. The van der Waals surface area contributed by atoms with Crippen LogP contribution in [-0.2, 0) is 4.79 Å². The summed E-state index contributed by atoms with van der Waals surface area (Å²) in [4.78, 5) is 14.6. The molecular formula is C17H30Cl2N4O. The predicted molar refractivity (Wildman–Crippen MR) is 101 cm³/mol. The molecule has 2 aliphatic heterocycles. The van der Waals surface area contributed by atoms with Crippen molar-refractivity contribution in [3.63, 3.8) is 0 Å². The van der Waals surface area contributed by atoms with Gasteiger partial charge in [-0.3, -0.25) is 9.89 Å². The highest BCUT2D eigenvalue weighted by Crippen LogP contribution is 2.29. The first-order valence-corrected chi connectivity index (χ1v) is 8.72. The molecule has 1 unspecified atom stereocenters. The Morgan fingerprint density at radius 3 is 2.50 bits per heavy atom. The van der Waals surface area contributed by atoms with E-state index in [2.05, 4.69) is 33.4 Å². The molecule has 0 saturated carbocycles. The number of rotatable bonds is 4. The molecule has 2 N–H and O–H groups in total. The molecule has 138 valence electrons. The van der Waals surface area contributed by atoms with Crippen molar-refractivity contribution >= 4 is 30.7 Å². The molecule has 3 rings (SSSR count). The van der Waals surface area contributed by atoms with E-state index in [9.17, 15) is 4.79 Å². The Balaban J connectivity index is 0.00000144. The fraction of sp³-hybridized carbons (Fsp3) is 0.765. The lowest BCUT2D eigenvalue weighted by atomic mass is 9.83. The van der Waals surface area contributed by atoms with E-state index in [1.807, 2.05) is 6.20 Å². The molecule has 24 heavy (non-hydrogen) atoms. The molecule has 0 radical (unpaired) electrons. The maximum atomic E-state index is 12.5. The van der Waals surface area contributed by atoms with Gasteiger partial charge in [0.05, 0.1) is 0 Å². The van der Waals surface area contributed by atoms with E-state index in [4.69, 9.17) is 0 Å². The zero-order chi connectivity index (χ0) is 15.4. The van der Waals surface area contributed by atoms with Gasteiger partial charge in [0.2, 0.25) is 5.91 Å². The van der Waals surface area contributed by atoms with Crippen LogP contribution in [0.1, 0.15) is 50.6 Å². The Labute approximate surface area is 157 Å². The van der Waals surface area contributed by atoms with E-state index >= 15 is 0 Å². The van der Waals surface area contributed by atoms with Crippen molar-refractivity contribution in [2.24, 2.45) is 11.8 Å². The Kier molecular flexibility index (Phi) is 9.09. The lowest BCUT2D eigenvalue weighted by molar-refractivity contribution is -0.133. The van der Waals surface area contributed by atoms with Crippen molar-refractivity contribution in [3.8, 4) is 0 Å². The van der Waals surface area contributed by atoms with Gasteiger partial charge in [0.1, 0.15) is 0 Å². The van der Waals surface area contributed by atoms with Crippen LogP contribution in [0, 0.1) is 11.8 Å². The largest absolute Gasteiger partial charge is 0.343 e. The summed E-state index contributed by atoms with van der Waals surface area (Å²) >= 11 is 0. The normalized spacial score (nSPS) is 20.8. The second kappa shape index (κ2) is 10.3. The van der Waals surface area contributed by atoms with Crippen LogP contribution in [0.3, 0.4) is 0 Å². The second-order valence-electron chi connectivity index (χ2n) is 6.94. The number of amides is 1. The summed E-state index contributed by atoms with van der Waals surface area (Å²) < 4.78 is 0. The summed E-state index contributed by atoms with van der Waals surface area (Å²) in [7, 11) is 0. The minimum atomic E-state index is 0. The Hall–Kier alpha value is -0.780. The highest BCUT2D eigenvalue weighted by Gasteiger charge is 2.27. The van der Waals surface area contributed by atoms with E-state index in [-0.39, 0.29) is 24.8 Å². The molecule has 2 saturated heterocycles. The molecule has 0 bridgehead atoms. The van der Waals surface area contributed by atoms with Gasteiger partial charge >= 0.3 is 0 Å². The van der Waals surface area contributed by atoms with Gasteiger partial charge < -0.3 is 10.2 Å². The average Bonchev–Trinajstić information content (AvgIpc) is 3.10. The maximum absolute atomic E-state index is 12.5. The SMILES string of the molecule is CC(CC(=O)N1CCC(c2ccn[nH]2)CC1)C1CCNCC1.Cl.Cl. The van der Waals surface area contributed by atoms with E-state index in [0.717, 1.165) is 45.4 Å². The number of nitrogens with one attached hydrogen (secondary N) is 2. The van der Waals surface area contributed by atoms with Gasteiger partial charge in [-0.15, -0.1) is 24.8 Å². The molecule has 0 spiro atoms. The highest BCUT2D eigenvalue weighted by molar-refractivity contribution is 5.85. The van der Waals surface area contributed by atoms with E-state index < -0.39 is 0 Å². The number of hydrogen-bond donors (Lipinski definition) is 2. The number of piperidine rings is 2. The molecule has 2 aliphatic rings. The van der Waals surface area contributed by atoms with Crippen LogP contribution < -0.4 is 5.32 Å². The minimum absolute atomic E-state index is 0. The molecule has 2 fully saturated rings. The highest BCUT2D eigenvalue weighted by atomic mass is 35.5. The number of H-pyrrole nitrogens is 1. The second-order valence-corrected chi connectivity index (χ2v) is 6.94. The molecule has 1 aromatic heterocycles. The molecule has 1 aromatic rings. The van der Waals surface area contributed by atoms with Crippen molar-refractivity contribution in [1.82, 2.24) is 20.4 Å². The van der Waals surface area contributed by atoms with Gasteiger partial charge in [-0.25, -0.2) is 0 Å². The minimum Gasteiger partial charge on any atom is -0.343 e. The summed E-state index contributed by atoms with van der Waals surface area (Å²) in [5.74, 6) is 2.12. The van der Waals surface area contributed by atoms with Crippen LogP contribution in [0.2, 0.25) is 0 Å². The number of nitrogens with zero attached hydrogens (tertiary/aromatic N) is 2. The predicted octanol–water partition coefficient (Wildman–Crippen LogP) is 2.99. The smallest absolute Gasteiger partial charge is 0.222 e. The topological polar surface area (TPSA) is 61.0 Å². The number of hydrogen-bond acceptors (Lipinski definition) is 3. The van der Waals surface area contributed by atoms with Crippen LogP contribution in [-0.4, -0.2) is 47.2 Å². The van der Waals surface area contributed by atoms with Gasteiger partial charge in [-0.05, 0) is 56.7 Å². The van der Waals surface area contributed by atoms with Crippen LogP contribution >= 0.6 is 24.8 Å². The third-order valence-electron chi connectivity index (χ3n) is 5.49. The molecule has 5 nitrogen and oxygen atoms in total. The van der Waals surface area contributed by atoms with Gasteiger partial charge in [0, 0.05) is 37.3 Å². The number of carbonyl (C=O) groups excluding carboxylic acids is 1. The summed E-state index contributed by atoms with van der Waals surface area (Å²) in [6.45, 7) is 6.26. The Morgan fingerprint density at radius 2 is 1.92 bits per heavy atom. The molecule has 0 aliphatic carbocycles. The summed E-state index contributed by atoms with van der Waals surface area (Å²) in [5, 5.41) is 10.5. The molecular weight excluding hydrogens is 347 g/mol. The zero-order valence-electron chi connectivity index (χ0n) is 14.4. The molecule has 1 amide bonds. The van der Waals surface area contributed by atoms with Crippen molar-refractivity contribution in [1.29, 1.82) is 0 Å². The first kappa shape index (κ1) is 21.3. The average molecular weight is 377 g/mol.